The molecule has 1 unspecified atom stereocenters. The van der Waals surface area contributed by atoms with Gasteiger partial charge < -0.3 is 20.1 Å². The lowest BCUT2D eigenvalue weighted by molar-refractivity contribution is -0.158. The van der Waals surface area contributed by atoms with E-state index >= 15 is 0 Å². The van der Waals surface area contributed by atoms with E-state index in [-0.39, 0.29) is 6.42 Å². The van der Waals surface area contributed by atoms with E-state index in [0.29, 0.717) is 12.8 Å². The molecule has 0 saturated heterocycles. The molecule has 0 rings (SSSR count). The smallest absolute Gasteiger partial charge is 0.307 e. The SMILES string of the molecule is CCCC/C=C/CCC(CC(=O)OC(CO)CO)C(=O)O. The molecule has 3 N–H and O–H groups in total. The minimum Gasteiger partial charge on any atom is -0.481 e. The molecule has 0 spiro atoms. The predicted molar refractivity (Wildman–Crippen MR) is 77.7 cm³/mol. The van der Waals surface area contributed by atoms with Crippen LogP contribution in [-0.4, -0.2) is 46.6 Å². The van der Waals surface area contributed by atoms with Crippen molar-refractivity contribution in [2.45, 2.75) is 51.6 Å². The second kappa shape index (κ2) is 12.3. The summed E-state index contributed by atoms with van der Waals surface area (Å²) in [7, 11) is 0. The number of aliphatic carboxylic acids is 1. The maximum absolute atomic E-state index is 11.5. The lowest BCUT2D eigenvalue weighted by atomic mass is 9.99. The summed E-state index contributed by atoms with van der Waals surface area (Å²) in [6, 6.07) is 0. The number of unbranched alkanes of at least 4 members (excludes halogenated alkanes) is 2. The maximum atomic E-state index is 11.5. The number of carboxylic acids is 1. The largest absolute Gasteiger partial charge is 0.481 e. The fourth-order valence-corrected chi connectivity index (χ4v) is 1.74. The summed E-state index contributed by atoms with van der Waals surface area (Å²) in [6.45, 7) is 1.13. The molecular formula is C15H26O6. The third kappa shape index (κ3) is 10.0. The number of aliphatic hydroxyl groups excluding tert-OH is 2. The fraction of sp³-hybridized carbons (Fsp3) is 0.733. The fourth-order valence-electron chi connectivity index (χ4n) is 1.74. The summed E-state index contributed by atoms with van der Waals surface area (Å²) in [4.78, 5) is 22.6. The summed E-state index contributed by atoms with van der Waals surface area (Å²) in [5, 5.41) is 26.7. The molecule has 21 heavy (non-hydrogen) atoms. The van der Waals surface area contributed by atoms with Crippen LogP contribution in [0.25, 0.3) is 0 Å². The molecule has 0 aromatic carbocycles. The molecule has 0 aromatic heterocycles. The van der Waals surface area contributed by atoms with Crippen molar-refractivity contribution >= 4 is 11.9 Å². The molecule has 0 heterocycles. The molecule has 0 aliphatic rings. The van der Waals surface area contributed by atoms with Crippen LogP contribution >= 0.6 is 0 Å². The van der Waals surface area contributed by atoms with Gasteiger partial charge in [0.2, 0.25) is 0 Å². The van der Waals surface area contributed by atoms with Gasteiger partial charge in [0.15, 0.2) is 0 Å². The summed E-state index contributed by atoms with van der Waals surface area (Å²) in [5.41, 5.74) is 0. The predicted octanol–water partition coefficient (Wildman–Crippen LogP) is 1.50. The normalized spacial score (nSPS) is 12.8. The van der Waals surface area contributed by atoms with Crippen LogP contribution in [0.2, 0.25) is 0 Å². The monoisotopic (exact) mass is 302 g/mol. The average molecular weight is 302 g/mol. The number of ether oxygens (including phenoxy) is 1. The Kier molecular flexibility index (Phi) is 11.5. The van der Waals surface area contributed by atoms with E-state index in [1.54, 1.807) is 0 Å². The molecule has 0 amide bonds. The van der Waals surface area contributed by atoms with Crippen LogP contribution in [0, 0.1) is 5.92 Å². The van der Waals surface area contributed by atoms with Crippen LogP contribution < -0.4 is 0 Å². The summed E-state index contributed by atoms with van der Waals surface area (Å²) in [5.74, 6) is -2.57. The molecule has 6 heteroatoms. The van der Waals surface area contributed by atoms with Crippen molar-refractivity contribution in [1.29, 1.82) is 0 Å². The highest BCUT2D eigenvalue weighted by Crippen LogP contribution is 2.14. The van der Waals surface area contributed by atoms with E-state index in [1.165, 1.54) is 0 Å². The van der Waals surface area contributed by atoms with Crippen LogP contribution in [0.3, 0.4) is 0 Å². The summed E-state index contributed by atoms with van der Waals surface area (Å²) in [6.07, 6.45) is 6.86. The number of carbonyl (C=O) groups is 2. The van der Waals surface area contributed by atoms with Crippen LogP contribution in [0.4, 0.5) is 0 Å². The zero-order valence-corrected chi connectivity index (χ0v) is 12.5. The van der Waals surface area contributed by atoms with Crippen LogP contribution in [0.5, 0.6) is 0 Å². The summed E-state index contributed by atoms with van der Waals surface area (Å²) < 4.78 is 4.77. The molecule has 0 saturated carbocycles. The Morgan fingerprint density at radius 3 is 2.29 bits per heavy atom. The van der Waals surface area contributed by atoms with Gasteiger partial charge in [-0.2, -0.15) is 0 Å². The van der Waals surface area contributed by atoms with Gasteiger partial charge in [0.25, 0.3) is 0 Å². The van der Waals surface area contributed by atoms with E-state index < -0.39 is 37.2 Å². The number of carbonyl (C=O) groups excluding carboxylic acids is 1. The van der Waals surface area contributed by atoms with E-state index in [0.717, 1.165) is 19.3 Å². The van der Waals surface area contributed by atoms with Gasteiger partial charge in [0.05, 0.1) is 25.6 Å². The Hall–Kier alpha value is -1.40. The second-order valence-electron chi connectivity index (χ2n) is 4.91. The maximum Gasteiger partial charge on any atom is 0.307 e. The van der Waals surface area contributed by atoms with Crippen molar-refractivity contribution < 1.29 is 29.6 Å². The Bertz CT molecular complexity index is 322. The van der Waals surface area contributed by atoms with Crippen molar-refractivity contribution in [2.24, 2.45) is 5.92 Å². The van der Waals surface area contributed by atoms with Crippen LogP contribution in [0.15, 0.2) is 12.2 Å². The summed E-state index contributed by atoms with van der Waals surface area (Å²) >= 11 is 0. The average Bonchev–Trinajstić information content (AvgIpc) is 2.46. The van der Waals surface area contributed by atoms with Gasteiger partial charge in [-0.05, 0) is 19.3 Å². The zero-order chi connectivity index (χ0) is 16.1. The quantitative estimate of drug-likeness (QED) is 0.287. The molecule has 0 aromatic rings. The first-order valence-corrected chi connectivity index (χ1v) is 7.34. The highest BCUT2D eigenvalue weighted by molar-refractivity contribution is 5.78. The Morgan fingerprint density at radius 2 is 1.76 bits per heavy atom. The second-order valence-corrected chi connectivity index (χ2v) is 4.91. The molecule has 0 aliphatic carbocycles. The van der Waals surface area contributed by atoms with Crippen LogP contribution in [0.1, 0.15) is 45.4 Å². The van der Waals surface area contributed by atoms with E-state index in [1.807, 2.05) is 12.2 Å². The van der Waals surface area contributed by atoms with Crippen molar-refractivity contribution in [2.75, 3.05) is 13.2 Å². The first-order valence-electron chi connectivity index (χ1n) is 7.34. The lowest BCUT2D eigenvalue weighted by Crippen LogP contribution is -2.28. The van der Waals surface area contributed by atoms with E-state index in [2.05, 4.69) is 6.92 Å². The Morgan fingerprint density at radius 1 is 1.14 bits per heavy atom. The van der Waals surface area contributed by atoms with Crippen molar-refractivity contribution in [3.63, 3.8) is 0 Å². The molecular weight excluding hydrogens is 276 g/mol. The first kappa shape index (κ1) is 19.6. The van der Waals surface area contributed by atoms with Crippen LogP contribution in [-0.2, 0) is 14.3 Å². The van der Waals surface area contributed by atoms with Gasteiger partial charge in [0, 0.05) is 0 Å². The van der Waals surface area contributed by atoms with Crippen molar-refractivity contribution in [3.05, 3.63) is 12.2 Å². The molecule has 6 nitrogen and oxygen atoms in total. The molecule has 0 bridgehead atoms. The standard InChI is InChI=1S/C15H26O6/c1-2-3-4-5-6-7-8-12(15(19)20)9-14(18)21-13(10-16)11-17/h5-6,12-13,16-17H,2-4,7-11H2,1H3,(H,19,20)/b6-5+. The molecule has 122 valence electrons. The van der Waals surface area contributed by atoms with Gasteiger partial charge >= 0.3 is 11.9 Å². The Balaban J connectivity index is 4.15. The molecule has 0 radical (unpaired) electrons. The topological polar surface area (TPSA) is 104 Å². The van der Waals surface area contributed by atoms with Gasteiger partial charge in [-0.25, -0.2) is 0 Å². The molecule has 0 aliphatic heterocycles. The number of allylic oxidation sites excluding steroid dienone is 2. The number of carboxylic acid groups (broad SMARTS) is 1. The highest BCUT2D eigenvalue weighted by Gasteiger charge is 2.23. The molecule has 1 atom stereocenters. The van der Waals surface area contributed by atoms with E-state index in [9.17, 15) is 9.59 Å². The minimum absolute atomic E-state index is 0.255. The van der Waals surface area contributed by atoms with E-state index in [4.69, 9.17) is 20.1 Å². The number of hydrogen-bond acceptors (Lipinski definition) is 5. The van der Waals surface area contributed by atoms with Crippen molar-refractivity contribution in [1.82, 2.24) is 0 Å². The number of hydrogen-bond donors (Lipinski definition) is 3. The number of aliphatic hydroxyl groups is 2. The van der Waals surface area contributed by atoms with Gasteiger partial charge in [-0.1, -0.05) is 31.9 Å². The van der Waals surface area contributed by atoms with Gasteiger partial charge in [-0.3, -0.25) is 9.59 Å². The molecule has 0 fully saturated rings. The third-order valence-electron chi connectivity index (χ3n) is 3.04. The Labute approximate surface area is 125 Å². The number of esters is 1. The minimum atomic E-state index is -1.04. The van der Waals surface area contributed by atoms with Crippen molar-refractivity contribution in [3.8, 4) is 0 Å². The third-order valence-corrected chi connectivity index (χ3v) is 3.04. The lowest BCUT2D eigenvalue weighted by Gasteiger charge is -2.15. The number of rotatable bonds is 12. The zero-order valence-electron chi connectivity index (χ0n) is 12.5. The van der Waals surface area contributed by atoms with Gasteiger partial charge in [-0.15, -0.1) is 0 Å². The highest BCUT2D eigenvalue weighted by atomic mass is 16.6. The first-order chi connectivity index (χ1) is 10.0. The van der Waals surface area contributed by atoms with Gasteiger partial charge in [0.1, 0.15) is 6.10 Å².